The van der Waals surface area contributed by atoms with Crippen molar-refractivity contribution in [3.8, 4) is 5.75 Å². The van der Waals surface area contributed by atoms with Gasteiger partial charge in [-0.05, 0) is 68.4 Å². The Morgan fingerprint density at radius 2 is 2.23 bits per heavy atom. The molecular weight excluding hydrogens is 414 g/mol. The summed E-state index contributed by atoms with van der Waals surface area (Å²) in [7, 11) is 0. The molecule has 0 bridgehead atoms. The molecule has 0 aliphatic carbocycles. The van der Waals surface area contributed by atoms with E-state index in [1.54, 1.807) is 6.26 Å². The third kappa shape index (κ3) is 5.45. The number of fused-ring (bicyclic) bond motifs is 1. The van der Waals surface area contributed by atoms with E-state index in [0.29, 0.717) is 36.9 Å². The first-order chi connectivity index (χ1) is 15.1. The Morgan fingerprint density at radius 1 is 1.32 bits per heavy atom. The van der Waals surface area contributed by atoms with Gasteiger partial charge in [0.15, 0.2) is 5.11 Å². The van der Waals surface area contributed by atoms with Gasteiger partial charge in [-0.1, -0.05) is 0 Å². The molecule has 3 heterocycles. The summed E-state index contributed by atoms with van der Waals surface area (Å²) in [5.74, 6) is 1.55. The number of H-pyrrole nitrogens is 1. The number of nitrogens with zero attached hydrogens (tertiary/aromatic N) is 1. The maximum absolute atomic E-state index is 12.8. The van der Waals surface area contributed by atoms with Crippen LogP contribution in [0.4, 0.5) is 0 Å². The summed E-state index contributed by atoms with van der Waals surface area (Å²) in [6.45, 7) is 4.79. The van der Waals surface area contributed by atoms with Gasteiger partial charge in [0.25, 0.3) is 5.56 Å². The van der Waals surface area contributed by atoms with Crippen molar-refractivity contribution < 1.29 is 13.9 Å². The molecule has 2 N–H and O–H groups in total. The van der Waals surface area contributed by atoms with Crippen LogP contribution in [-0.4, -0.2) is 40.9 Å². The Hall–Kier alpha value is -2.84. The summed E-state index contributed by atoms with van der Waals surface area (Å²) in [6, 6.07) is 11.3. The lowest BCUT2D eigenvalue weighted by molar-refractivity contribution is 0.113. The van der Waals surface area contributed by atoms with E-state index in [4.69, 9.17) is 26.1 Å². The maximum atomic E-state index is 12.8. The van der Waals surface area contributed by atoms with Crippen molar-refractivity contribution in [1.82, 2.24) is 15.2 Å². The molecule has 1 aliphatic rings. The van der Waals surface area contributed by atoms with Gasteiger partial charge in [0.2, 0.25) is 0 Å². The fourth-order valence-electron chi connectivity index (χ4n) is 3.72. The second-order valence-electron chi connectivity index (χ2n) is 7.56. The van der Waals surface area contributed by atoms with E-state index in [0.717, 1.165) is 41.9 Å². The standard InChI is InChI=1S/C23H27N3O4S/c1-2-28-18-7-8-21-16(12-18)11-17(22(27)25-21)14-26(15-20-6-4-10-30-20)23(31)24-13-19-5-3-9-29-19/h4,6-8,10-12,19H,2-3,5,9,13-15H2,1H3,(H,24,31)(H,25,27)/t19-/m0/s1. The fourth-order valence-corrected chi connectivity index (χ4v) is 3.93. The van der Waals surface area contributed by atoms with Crippen LogP contribution in [-0.2, 0) is 17.8 Å². The average molecular weight is 442 g/mol. The monoisotopic (exact) mass is 441 g/mol. The quantitative estimate of drug-likeness (QED) is 0.517. The maximum Gasteiger partial charge on any atom is 0.253 e. The molecule has 0 saturated carbocycles. The normalized spacial score (nSPS) is 15.8. The van der Waals surface area contributed by atoms with Crippen molar-refractivity contribution in [2.75, 3.05) is 19.8 Å². The third-order valence-corrected chi connectivity index (χ3v) is 5.69. The molecule has 2 aromatic heterocycles. The zero-order valence-electron chi connectivity index (χ0n) is 17.6. The highest BCUT2D eigenvalue weighted by molar-refractivity contribution is 7.80. The summed E-state index contributed by atoms with van der Waals surface area (Å²) in [5.41, 5.74) is 1.26. The molecule has 0 amide bonds. The van der Waals surface area contributed by atoms with Crippen LogP contribution in [0.5, 0.6) is 5.75 Å². The largest absolute Gasteiger partial charge is 0.494 e. The molecule has 8 heteroatoms. The van der Waals surface area contributed by atoms with E-state index >= 15 is 0 Å². The van der Waals surface area contributed by atoms with E-state index in [2.05, 4.69) is 10.3 Å². The van der Waals surface area contributed by atoms with Gasteiger partial charge in [0.05, 0.1) is 32.1 Å². The number of hydrogen-bond donors (Lipinski definition) is 2. The Balaban J connectivity index is 1.55. The number of pyridine rings is 1. The topological polar surface area (TPSA) is 79.7 Å². The number of rotatable bonds is 8. The van der Waals surface area contributed by atoms with Crippen LogP contribution in [0.3, 0.4) is 0 Å². The Labute approximate surface area is 186 Å². The number of aromatic nitrogens is 1. The van der Waals surface area contributed by atoms with Crippen LogP contribution in [0.1, 0.15) is 31.1 Å². The van der Waals surface area contributed by atoms with Gasteiger partial charge in [0.1, 0.15) is 11.5 Å². The minimum atomic E-state index is -0.136. The van der Waals surface area contributed by atoms with Gasteiger partial charge in [-0.25, -0.2) is 0 Å². The number of benzene rings is 1. The third-order valence-electron chi connectivity index (χ3n) is 5.28. The first-order valence-electron chi connectivity index (χ1n) is 10.6. The SMILES string of the molecule is CCOc1ccc2[nH]c(=O)c(CN(Cc3ccco3)C(=S)NC[C@@H]3CCCO3)cc2c1. The highest BCUT2D eigenvalue weighted by Gasteiger charge is 2.19. The van der Waals surface area contributed by atoms with E-state index < -0.39 is 0 Å². The van der Waals surface area contributed by atoms with Crippen molar-refractivity contribution in [2.45, 2.75) is 39.0 Å². The second-order valence-corrected chi connectivity index (χ2v) is 7.95. The lowest BCUT2D eigenvalue weighted by Gasteiger charge is -2.26. The molecular formula is C23H27N3O4S. The summed E-state index contributed by atoms with van der Waals surface area (Å²) >= 11 is 5.66. The Kier molecular flexibility index (Phi) is 6.89. The van der Waals surface area contributed by atoms with Crippen molar-refractivity contribution in [3.63, 3.8) is 0 Å². The van der Waals surface area contributed by atoms with Gasteiger partial charge in [-0.2, -0.15) is 0 Å². The number of thiocarbonyl (C=S) groups is 1. The molecule has 0 spiro atoms. The molecule has 4 rings (SSSR count). The van der Waals surface area contributed by atoms with Crippen molar-refractivity contribution >= 4 is 28.2 Å². The van der Waals surface area contributed by atoms with Crippen LogP contribution in [0.15, 0.2) is 51.9 Å². The summed E-state index contributed by atoms with van der Waals surface area (Å²) in [5, 5.41) is 4.78. The van der Waals surface area contributed by atoms with Crippen LogP contribution in [0, 0.1) is 0 Å². The van der Waals surface area contributed by atoms with E-state index in [1.165, 1.54) is 0 Å². The zero-order valence-corrected chi connectivity index (χ0v) is 18.4. The predicted octanol–water partition coefficient (Wildman–Crippen LogP) is 3.58. The van der Waals surface area contributed by atoms with Crippen molar-refractivity contribution in [1.29, 1.82) is 0 Å². The number of aromatic amines is 1. The number of ether oxygens (including phenoxy) is 2. The molecule has 164 valence electrons. The molecule has 0 radical (unpaired) electrons. The number of furan rings is 1. The van der Waals surface area contributed by atoms with Gasteiger partial charge in [0, 0.05) is 29.6 Å². The minimum absolute atomic E-state index is 0.136. The first-order valence-corrected chi connectivity index (χ1v) is 11.0. The number of hydrogen-bond acceptors (Lipinski definition) is 5. The highest BCUT2D eigenvalue weighted by Crippen LogP contribution is 2.20. The van der Waals surface area contributed by atoms with Gasteiger partial charge < -0.3 is 29.1 Å². The summed E-state index contributed by atoms with van der Waals surface area (Å²) < 4.78 is 16.8. The van der Waals surface area contributed by atoms with Crippen molar-refractivity contribution in [2.24, 2.45) is 0 Å². The molecule has 1 aromatic carbocycles. The van der Waals surface area contributed by atoms with Crippen LogP contribution >= 0.6 is 12.2 Å². The van der Waals surface area contributed by atoms with E-state index in [9.17, 15) is 4.79 Å². The highest BCUT2D eigenvalue weighted by atomic mass is 32.1. The molecule has 0 unspecified atom stereocenters. The summed E-state index contributed by atoms with van der Waals surface area (Å²) in [4.78, 5) is 17.6. The Bertz CT molecular complexity index is 1070. The van der Waals surface area contributed by atoms with Crippen LogP contribution < -0.4 is 15.6 Å². The predicted molar refractivity (Wildman–Crippen MR) is 123 cm³/mol. The number of nitrogens with one attached hydrogen (secondary N) is 2. The lowest BCUT2D eigenvalue weighted by Crippen LogP contribution is -2.42. The van der Waals surface area contributed by atoms with E-state index in [-0.39, 0.29) is 11.7 Å². The molecule has 7 nitrogen and oxygen atoms in total. The Morgan fingerprint density at radius 3 is 2.97 bits per heavy atom. The minimum Gasteiger partial charge on any atom is -0.494 e. The smallest absolute Gasteiger partial charge is 0.253 e. The second kappa shape index (κ2) is 9.98. The van der Waals surface area contributed by atoms with Gasteiger partial charge in [-0.15, -0.1) is 0 Å². The van der Waals surface area contributed by atoms with Crippen LogP contribution in [0.25, 0.3) is 10.9 Å². The molecule has 31 heavy (non-hydrogen) atoms. The molecule has 1 saturated heterocycles. The molecule has 1 fully saturated rings. The summed E-state index contributed by atoms with van der Waals surface area (Å²) in [6.07, 6.45) is 3.91. The van der Waals surface area contributed by atoms with Gasteiger partial charge >= 0.3 is 0 Å². The fraction of sp³-hybridized carbons (Fsp3) is 0.391. The molecule has 1 atom stereocenters. The molecule has 1 aliphatic heterocycles. The average Bonchev–Trinajstić information content (AvgIpc) is 3.46. The first kappa shape index (κ1) is 21.4. The lowest BCUT2D eigenvalue weighted by atomic mass is 10.1. The van der Waals surface area contributed by atoms with Crippen molar-refractivity contribution in [3.05, 3.63) is 64.3 Å². The molecule has 3 aromatic rings. The zero-order chi connectivity index (χ0) is 21.6. The van der Waals surface area contributed by atoms with E-state index in [1.807, 2.05) is 48.2 Å². The van der Waals surface area contributed by atoms with Gasteiger partial charge in [-0.3, -0.25) is 4.79 Å². The van der Waals surface area contributed by atoms with Crippen LogP contribution in [0.2, 0.25) is 0 Å².